The molecule has 0 spiro atoms. The van der Waals surface area contributed by atoms with Gasteiger partial charge in [-0.2, -0.15) is 0 Å². The smallest absolute Gasteiger partial charge is 0.255 e. The molecule has 2 rings (SSSR count). The zero-order chi connectivity index (χ0) is 14.0. The van der Waals surface area contributed by atoms with E-state index in [2.05, 4.69) is 15.3 Å². The normalized spacial score (nSPS) is 12.2. The Balaban J connectivity index is 2.15. The average Bonchev–Trinajstić information content (AvgIpc) is 2.79. The van der Waals surface area contributed by atoms with Crippen LogP contribution in [-0.2, 0) is 0 Å². The summed E-state index contributed by atoms with van der Waals surface area (Å²) in [5.74, 6) is -0.800. The van der Waals surface area contributed by atoms with E-state index < -0.39 is 11.7 Å². The number of H-pyrrole nitrogens is 1. The van der Waals surface area contributed by atoms with Gasteiger partial charge in [-0.1, -0.05) is 0 Å². The van der Waals surface area contributed by atoms with E-state index in [1.54, 1.807) is 13.1 Å². The van der Waals surface area contributed by atoms with E-state index in [0.29, 0.717) is 5.82 Å². The third-order valence-electron chi connectivity index (χ3n) is 2.68. The molecule has 0 aliphatic heterocycles. The van der Waals surface area contributed by atoms with E-state index in [1.165, 1.54) is 0 Å². The van der Waals surface area contributed by atoms with Crippen LogP contribution in [0.3, 0.4) is 0 Å². The second-order valence-electron chi connectivity index (χ2n) is 4.31. The van der Waals surface area contributed by atoms with Gasteiger partial charge in [0.1, 0.15) is 17.4 Å². The Labute approximate surface area is 109 Å². The Kier molecular flexibility index (Phi) is 3.50. The monoisotopic (exact) mass is 263 g/mol. The van der Waals surface area contributed by atoms with Crippen molar-refractivity contribution in [3.63, 3.8) is 0 Å². The van der Waals surface area contributed by atoms with Crippen LogP contribution in [0.15, 0.2) is 24.4 Å². The van der Waals surface area contributed by atoms with Gasteiger partial charge in [-0.05, 0) is 32.0 Å². The van der Waals surface area contributed by atoms with Crippen LogP contribution < -0.4 is 5.32 Å². The number of carbonyl (C=O) groups is 1. The first-order chi connectivity index (χ1) is 8.97. The molecule has 2 aromatic rings. The molecule has 1 atom stereocenters. The summed E-state index contributed by atoms with van der Waals surface area (Å²) >= 11 is 0. The fourth-order valence-corrected chi connectivity index (χ4v) is 1.69. The Hall–Kier alpha value is -2.37. The van der Waals surface area contributed by atoms with Crippen LogP contribution in [0.25, 0.3) is 0 Å². The maximum atomic E-state index is 13.1. The van der Waals surface area contributed by atoms with E-state index in [-0.39, 0.29) is 17.4 Å². The number of aromatic amines is 1. The summed E-state index contributed by atoms with van der Waals surface area (Å²) in [5, 5.41) is 12.2. The fraction of sp³-hybridized carbons (Fsp3) is 0.231. The first kappa shape index (κ1) is 13.1. The highest BCUT2D eigenvalue weighted by molar-refractivity contribution is 5.96. The second-order valence-corrected chi connectivity index (χ2v) is 4.31. The number of benzene rings is 1. The minimum atomic E-state index is -0.579. The van der Waals surface area contributed by atoms with Crippen LogP contribution in [-0.4, -0.2) is 21.0 Å². The van der Waals surface area contributed by atoms with Crippen LogP contribution in [0.1, 0.15) is 34.8 Å². The van der Waals surface area contributed by atoms with E-state index >= 15 is 0 Å². The van der Waals surface area contributed by atoms with Crippen molar-refractivity contribution in [2.45, 2.75) is 19.9 Å². The number of aryl methyl sites for hydroxylation is 1. The van der Waals surface area contributed by atoms with Crippen LogP contribution in [0.2, 0.25) is 0 Å². The quantitative estimate of drug-likeness (QED) is 0.793. The van der Waals surface area contributed by atoms with Crippen molar-refractivity contribution in [2.24, 2.45) is 0 Å². The van der Waals surface area contributed by atoms with Crippen molar-refractivity contribution in [2.75, 3.05) is 0 Å². The Morgan fingerprint density at radius 2 is 2.26 bits per heavy atom. The number of carbonyl (C=O) groups excluding carboxylic acids is 1. The third kappa shape index (κ3) is 2.90. The summed E-state index contributed by atoms with van der Waals surface area (Å²) in [6, 6.07) is 2.85. The topological polar surface area (TPSA) is 78.0 Å². The standard InChI is InChI=1S/C13H14FN3O2/c1-7-6-15-12(16-7)8(2)17-13(19)10-5-9(14)3-4-11(10)18/h3-6,8,18H,1-2H3,(H,15,16)(H,17,19)/t8-/m1/s1. The minimum absolute atomic E-state index is 0.102. The summed E-state index contributed by atoms with van der Waals surface area (Å²) in [6.45, 7) is 3.59. The lowest BCUT2D eigenvalue weighted by molar-refractivity contribution is 0.0935. The first-order valence-electron chi connectivity index (χ1n) is 5.78. The predicted molar refractivity (Wildman–Crippen MR) is 67.3 cm³/mol. The molecule has 0 unspecified atom stereocenters. The zero-order valence-corrected chi connectivity index (χ0v) is 10.6. The lowest BCUT2D eigenvalue weighted by Crippen LogP contribution is -2.27. The van der Waals surface area contributed by atoms with Crippen molar-refractivity contribution < 1.29 is 14.3 Å². The van der Waals surface area contributed by atoms with Crippen LogP contribution in [0.5, 0.6) is 5.75 Å². The number of aromatic hydroxyl groups is 1. The van der Waals surface area contributed by atoms with Gasteiger partial charge in [0.25, 0.3) is 5.91 Å². The van der Waals surface area contributed by atoms with Gasteiger partial charge in [-0.25, -0.2) is 9.37 Å². The van der Waals surface area contributed by atoms with Crippen LogP contribution in [0.4, 0.5) is 4.39 Å². The maximum Gasteiger partial charge on any atom is 0.255 e. The number of imidazole rings is 1. The van der Waals surface area contributed by atoms with Crippen molar-refractivity contribution in [1.82, 2.24) is 15.3 Å². The van der Waals surface area contributed by atoms with Gasteiger partial charge >= 0.3 is 0 Å². The molecular formula is C13H14FN3O2. The van der Waals surface area contributed by atoms with Crippen molar-refractivity contribution in [1.29, 1.82) is 0 Å². The summed E-state index contributed by atoms with van der Waals surface area (Å²) in [7, 11) is 0. The molecule has 0 saturated carbocycles. The van der Waals surface area contributed by atoms with Crippen molar-refractivity contribution >= 4 is 5.91 Å². The number of nitrogens with one attached hydrogen (secondary N) is 2. The van der Waals surface area contributed by atoms with Gasteiger partial charge in [0.05, 0.1) is 11.6 Å². The van der Waals surface area contributed by atoms with E-state index in [0.717, 1.165) is 23.9 Å². The van der Waals surface area contributed by atoms with Gasteiger partial charge in [0.2, 0.25) is 0 Å². The highest BCUT2D eigenvalue weighted by Crippen LogP contribution is 2.19. The molecular weight excluding hydrogens is 249 g/mol. The highest BCUT2D eigenvalue weighted by atomic mass is 19.1. The number of phenolic OH excluding ortho intramolecular Hbond substituents is 1. The number of aromatic nitrogens is 2. The average molecular weight is 263 g/mol. The number of hydrogen-bond acceptors (Lipinski definition) is 3. The van der Waals surface area contributed by atoms with Crippen LogP contribution >= 0.6 is 0 Å². The molecule has 19 heavy (non-hydrogen) atoms. The van der Waals surface area contributed by atoms with Gasteiger partial charge in [0.15, 0.2) is 0 Å². The molecule has 1 heterocycles. The molecule has 0 aliphatic rings. The largest absolute Gasteiger partial charge is 0.507 e. The fourth-order valence-electron chi connectivity index (χ4n) is 1.69. The molecule has 6 heteroatoms. The number of rotatable bonds is 3. The molecule has 0 radical (unpaired) electrons. The minimum Gasteiger partial charge on any atom is -0.507 e. The first-order valence-corrected chi connectivity index (χ1v) is 5.78. The molecule has 1 amide bonds. The number of hydrogen-bond donors (Lipinski definition) is 3. The Morgan fingerprint density at radius 1 is 1.53 bits per heavy atom. The van der Waals surface area contributed by atoms with Crippen LogP contribution in [0, 0.1) is 12.7 Å². The number of halogens is 1. The van der Waals surface area contributed by atoms with Gasteiger partial charge < -0.3 is 15.4 Å². The highest BCUT2D eigenvalue weighted by Gasteiger charge is 2.17. The molecule has 1 aromatic heterocycles. The molecule has 1 aromatic carbocycles. The second kappa shape index (κ2) is 5.09. The molecule has 100 valence electrons. The predicted octanol–water partition coefficient (Wildman–Crippen LogP) is 2.05. The lowest BCUT2D eigenvalue weighted by Gasteiger charge is -2.12. The number of amides is 1. The zero-order valence-electron chi connectivity index (χ0n) is 10.6. The van der Waals surface area contributed by atoms with Gasteiger partial charge in [-0.15, -0.1) is 0 Å². The summed E-state index contributed by atoms with van der Waals surface area (Å²) in [5.41, 5.74) is 0.778. The van der Waals surface area contributed by atoms with Gasteiger partial charge in [-0.3, -0.25) is 4.79 Å². The summed E-state index contributed by atoms with van der Waals surface area (Å²) < 4.78 is 13.1. The molecule has 0 fully saturated rings. The van der Waals surface area contributed by atoms with E-state index in [1.807, 2.05) is 6.92 Å². The van der Waals surface area contributed by atoms with Gasteiger partial charge in [0, 0.05) is 11.9 Å². The molecule has 5 nitrogen and oxygen atoms in total. The van der Waals surface area contributed by atoms with E-state index in [4.69, 9.17) is 0 Å². The third-order valence-corrected chi connectivity index (χ3v) is 2.68. The molecule has 0 saturated heterocycles. The molecule has 0 bridgehead atoms. The van der Waals surface area contributed by atoms with E-state index in [9.17, 15) is 14.3 Å². The van der Waals surface area contributed by atoms with Crippen molar-refractivity contribution in [3.05, 3.63) is 47.3 Å². The molecule has 3 N–H and O–H groups in total. The maximum absolute atomic E-state index is 13.1. The number of phenols is 1. The lowest BCUT2D eigenvalue weighted by atomic mass is 10.1. The SMILES string of the molecule is Cc1cnc([C@@H](C)NC(=O)c2cc(F)ccc2O)[nH]1. The Bertz CT molecular complexity index is 610. The number of nitrogens with zero attached hydrogens (tertiary/aromatic N) is 1. The molecule has 0 aliphatic carbocycles. The summed E-state index contributed by atoms with van der Waals surface area (Å²) in [6.07, 6.45) is 1.65. The summed E-state index contributed by atoms with van der Waals surface area (Å²) in [4.78, 5) is 19.0. The Morgan fingerprint density at radius 3 is 2.89 bits per heavy atom. The van der Waals surface area contributed by atoms with Crippen molar-refractivity contribution in [3.8, 4) is 5.75 Å².